The molecule has 5 nitrogen and oxygen atoms in total. The zero-order valence-corrected chi connectivity index (χ0v) is 10.3. The second kappa shape index (κ2) is 5.11. The number of hydrogen-bond acceptors (Lipinski definition) is 4. The molecule has 7 heteroatoms. The van der Waals surface area contributed by atoms with E-state index in [1.807, 2.05) is 0 Å². The Labute approximate surface area is 103 Å². The topological polar surface area (TPSA) is 94.8 Å². The van der Waals surface area contributed by atoms with Crippen molar-refractivity contribution in [3.63, 3.8) is 0 Å². The first-order chi connectivity index (χ1) is 5.93. The summed E-state index contributed by atoms with van der Waals surface area (Å²) in [6.45, 7) is 0. The van der Waals surface area contributed by atoms with Crippen LogP contribution in [0.1, 0.15) is 11.0 Å². The van der Waals surface area contributed by atoms with E-state index in [1.165, 1.54) is 24.3 Å². The minimum atomic E-state index is -4.58. The molecule has 0 aliphatic carbocycles. The zero-order valence-electron chi connectivity index (χ0n) is 7.45. The molecule has 1 rings (SSSR count). The fraction of sp³-hybridized carbons (Fsp3) is 0.143. The summed E-state index contributed by atoms with van der Waals surface area (Å²) in [6.07, 6.45) is 0. The van der Waals surface area contributed by atoms with E-state index >= 15 is 0 Å². The van der Waals surface area contributed by atoms with Crippen LogP contribution in [0.15, 0.2) is 24.3 Å². The summed E-state index contributed by atoms with van der Waals surface area (Å²) in [4.78, 5) is 0. The predicted molar refractivity (Wildman–Crippen MR) is 44.6 cm³/mol. The standard InChI is InChI=1S/C7H8O5S.Na/c8-6-4-2-1-3-5(6)7(9)13(10,11)12;/h1-4,7-9H,(H,10,11,12);/q;+1. The molecular formula is C7H8NaO5S+. The molecule has 0 radical (unpaired) electrons. The summed E-state index contributed by atoms with van der Waals surface area (Å²) in [6, 6.07) is 5.32. The van der Waals surface area contributed by atoms with Crippen molar-refractivity contribution in [3.05, 3.63) is 29.8 Å². The Morgan fingerprint density at radius 3 is 2.14 bits per heavy atom. The van der Waals surface area contributed by atoms with E-state index in [1.54, 1.807) is 0 Å². The van der Waals surface area contributed by atoms with Crippen molar-refractivity contribution in [3.8, 4) is 5.75 Å². The molecule has 3 N–H and O–H groups in total. The second-order valence-electron chi connectivity index (χ2n) is 2.43. The van der Waals surface area contributed by atoms with Crippen LogP contribution in [0.2, 0.25) is 0 Å². The zero-order chi connectivity index (χ0) is 10.1. The van der Waals surface area contributed by atoms with Crippen LogP contribution in [0.3, 0.4) is 0 Å². The van der Waals surface area contributed by atoms with Crippen LogP contribution in [0.25, 0.3) is 0 Å². The van der Waals surface area contributed by atoms with E-state index in [0.717, 1.165) is 0 Å². The van der Waals surface area contributed by atoms with Crippen LogP contribution < -0.4 is 29.6 Å². The minimum Gasteiger partial charge on any atom is -0.508 e. The summed E-state index contributed by atoms with van der Waals surface area (Å²) >= 11 is 0. The summed E-state index contributed by atoms with van der Waals surface area (Å²) in [5.74, 6) is -0.382. The van der Waals surface area contributed by atoms with Gasteiger partial charge in [-0.2, -0.15) is 8.42 Å². The molecule has 0 spiro atoms. The third kappa shape index (κ3) is 3.23. The van der Waals surface area contributed by atoms with Gasteiger partial charge in [-0.05, 0) is 6.07 Å². The summed E-state index contributed by atoms with van der Waals surface area (Å²) < 4.78 is 29.4. The Morgan fingerprint density at radius 2 is 1.71 bits per heavy atom. The van der Waals surface area contributed by atoms with E-state index in [4.69, 9.17) is 14.8 Å². The second-order valence-corrected chi connectivity index (χ2v) is 3.90. The van der Waals surface area contributed by atoms with Crippen LogP contribution in [-0.2, 0) is 10.1 Å². The fourth-order valence-electron chi connectivity index (χ4n) is 0.857. The summed E-state index contributed by atoms with van der Waals surface area (Å²) in [5, 5.41) is 18.1. The fourth-order valence-corrected chi connectivity index (χ4v) is 1.38. The smallest absolute Gasteiger partial charge is 0.508 e. The van der Waals surface area contributed by atoms with Gasteiger partial charge in [0.1, 0.15) is 5.75 Å². The molecule has 0 saturated carbocycles. The molecule has 0 aliphatic rings. The number of rotatable bonds is 2. The maximum Gasteiger partial charge on any atom is 1.00 e. The van der Waals surface area contributed by atoms with Crippen LogP contribution in [0, 0.1) is 0 Å². The molecule has 1 aromatic rings. The number of hydrogen-bond donors (Lipinski definition) is 3. The normalized spacial score (nSPS) is 13.0. The molecule has 1 unspecified atom stereocenters. The molecular weight excluding hydrogens is 219 g/mol. The molecule has 0 aliphatic heterocycles. The minimum absolute atomic E-state index is 0. The SMILES string of the molecule is O=S(=O)(O)C(O)c1ccccc1O.[Na+]. The van der Waals surface area contributed by atoms with Gasteiger partial charge in [-0.15, -0.1) is 0 Å². The third-order valence-electron chi connectivity index (χ3n) is 1.48. The van der Waals surface area contributed by atoms with Gasteiger partial charge in [0.25, 0.3) is 10.1 Å². The molecule has 0 saturated heterocycles. The van der Waals surface area contributed by atoms with E-state index in [-0.39, 0.29) is 40.9 Å². The van der Waals surface area contributed by atoms with Crippen molar-refractivity contribution >= 4 is 10.1 Å². The largest absolute Gasteiger partial charge is 1.00 e. The third-order valence-corrected chi connectivity index (χ3v) is 2.30. The number of phenolic OH excluding ortho intramolecular Hbond substituents is 1. The number of benzene rings is 1. The van der Waals surface area contributed by atoms with Gasteiger partial charge in [0, 0.05) is 5.56 Å². The molecule has 1 atom stereocenters. The number of aliphatic hydroxyl groups is 1. The molecule has 0 aromatic heterocycles. The van der Waals surface area contributed by atoms with Crippen LogP contribution in [0.5, 0.6) is 5.75 Å². The molecule has 0 heterocycles. The van der Waals surface area contributed by atoms with Crippen molar-refractivity contribution in [2.24, 2.45) is 0 Å². The first kappa shape index (κ1) is 13.9. The average Bonchev–Trinajstić information content (AvgIpc) is 2.02. The Balaban J connectivity index is 0.00000169. The molecule has 72 valence electrons. The number of para-hydroxylation sites is 1. The van der Waals surface area contributed by atoms with Gasteiger partial charge < -0.3 is 10.2 Å². The van der Waals surface area contributed by atoms with Gasteiger partial charge >= 0.3 is 29.6 Å². The maximum absolute atomic E-state index is 10.5. The molecule has 14 heavy (non-hydrogen) atoms. The molecule has 1 aromatic carbocycles. The van der Waals surface area contributed by atoms with Crippen LogP contribution in [-0.4, -0.2) is 23.2 Å². The van der Waals surface area contributed by atoms with E-state index in [0.29, 0.717) is 0 Å². The van der Waals surface area contributed by atoms with Crippen molar-refractivity contribution in [2.45, 2.75) is 5.44 Å². The van der Waals surface area contributed by atoms with Crippen molar-refractivity contribution in [1.29, 1.82) is 0 Å². The van der Waals surface area contributed by atoms with Crippen LogP contribution in [0.4, 0.5) is 0 Å². The molecule has 0 amide bonds. The maximum atomic E-state index is 10.5. The Morgan fingerprint density at radius 1 is 1.21 bits per heavy atom. The molecule has 0 fully saturated rings. The number of aromatic hydroxyl groups is 1. The monoisotopic (exact) mass is 227 g/mol. The van der Waals surface area contributed by atoms with Crippen molar-refractivity contribution in [1.82, 2.24) is 0 Å². The van der Waals surface area contributed by atoms with Crippen LogP contribution >= 0.6 is 0 Å². The van der Waals surface area contributed by atoms with Gasteiger partial charge in [0.2, 0.25) is 5.44 Å². The number of aliphatic hydroxyl groups excluding tert-OH is 1. The van der Waals surface area contributed by atoms with E-state index in [2.05, 4.69) is 0 Å². The Kier molecular flexibility index (Phi) is 5.07. The Hall–Kier alpha value is -0.110. The van der Waals surface area contributed by atoms with Crippen molar-refractivity contribution < 1.29 is 52.7 Å². The average molecular weight is 227 g/mol. The molecule has 0 bridgehead atoms. The van der Waals surface area contributed by atoms with Gasteiger partial charge in [0.05, 0.1) is 0 Å². The van der Waals surface area contributed by atoms with Gasteiger partial charge in [-0.3, -0.25) is 4.55 Å². The van der Waals surface area contributed by atoms with E-state index < -0.39 is 15.6 Å². The van der Waals surface area contributed by atoms with E-state index in [9.17, 15) is 8.42 Å². The number of phenols is 1. The predicted octanol–water partition coefficient (Wildman–Crippen LogP) is -2.73. The quantitative estimate of drug-likeness (QED) is 0.377. The van der Waals surface area contributed by atoms with Crippen molar-refractivity contribution in [2.75, 3.05) is 0 Å². The first-order valence-electron chi connectivity index (χ1n) is 3.35. The summed E-state index contributed by atoms with van der Waals surface area (Å²) in [5.41, 5.74) is -2.35. The Bertz CT molecular complexity index is 402. The first-order valence-corrected chi connectivity index (χ1v) is 4.85. The van der Waals surface area contributed by atoms with Gasteiger partial charge in [-0.25, -0.2) is 0 Å². The van der Waals surface area contributed by atoms with Gasteiger partial charge in [-0.1, -0.05) is 18.2 Å². The summed E-state index contributed by atoms with van der Waals surface area (Å²) in [7, 11) is -4.58. The van der Waals surface area contributed by atoms with Gasteiger partial charge in [0.15, 0.2) is 0 Å².